The molecule has 3 aromatic heterocycles. The van der Waals surface area contributed by atoms with Gasteiger partial charge in [-0.15, -0.1) is 22.7 Å². The number of Topliss-reactive ketones (excluding diaryl/α,β-unsaturated/α-hetero) is 1. The molecule has 1 aromatic carbocycles. The molecule has 0 atom stereocenters. The molecule has 0 unspecified atom stereocenters. The maximum absolute atomic E-state index is 13.8. The molecule has 8 heteroatoms. The lowest BCUT2D eigenvalue weighted by atomic mass is 9.75. The smallest absolute Gasteiger partial charge is 0.266 e. The third-order valence-electron chi connectivity index (χ3n) is 5.73. The van der Waals surface area contributed by atoms with Gasteiger partial charge in [-0.25, -0.2) is 4.98 Å². The number of thiazole rings is 1. The molecule has 0 saturated heterocycles. The summed E-state index contributed by atoms with van der Waals surface area (Å²) in [6.45, 7) is 4.05. The Labute approximate surface area is 203 Å². The van der Waals surface area contributed by atoms with Crippen LogP contribution in [0, 0.1) is 16.7 Å². The zero-order chi connectivity index (χ0) is 23.3. The first-order valence-electron chi connectivity index (χ1n) is 10.3. The number of hydrogen-bond acceptors (Lipinski definition) is 6. The van der Waals surface area contributed by atoms with E-state index in [1.165, 1.54) is 22.7 Å². The highest BCUT2D eigenvalue weighted by Gasteiger charge is 2.35. The van der Waals surface area contributed by atoms with Crippen LogP contribution in [0.25, 0.3) is 26.8 Å². The summed E-state index contributed by atoms with van der Waals surface area (Å²) in [6.07, 6.45) is 0.974. The van der Waals surface area contributed by atoms with Gasteiger partial charge in [0.1, 0.15) is 16.1 Å². The molecule has 164 valence electrons. The van der Waals surface area contributed by atoms with E-state index in [0.717, 1.165) is 11.3 Å². The van der Waals surface area contributed by atoms with Crippen LogP contribution in [0.2, 0.25) is 5.02 Å². The summed E-state index contributed by atoms with van der Waals surface area (Å²) in [7, 11) is 0. The first-order valence-corrected chi connectivity index (χ1v) is 12.4. The molecule has 0 N–H and O–H groups in total. The molecule has 0 saturated carbocycles. The molecule has 0 amide bonds. The molecule has 0 spiro atoms. The van der Waals surface area contributed by atoms with Gasteiger partial charge in [0.05, 0.1) is 16.8 Å². The maximum atomic E-state index is 13.8. The van der Waals surface area contributed by atoms with Gasteiger partial charge in [0, 0.05) is 33.6 Å². The molecule has 5 nitrogen and oxygen atoms in total. The number of pyridine rings is 1. The average molecular weight is 492 g/mol. The average Bonchev–Trinajstić information content (AvgIpc) is 3.43. The van der Waals surface area contributed by atoms with Crippen molar-refractivity contribution in [2.45, 2.75) is 26.7 Å². The summed E-state index contributed by atoms with van der Waals surface area (Å²) < 4.78 is 1.57. The normalized spacial score (nSPS) is 14.7. The van der Waals surface area contributed by atoms with Crippen LogP contribution in [-0.4, -0.2) is 15.3 Å². The van der Waals surface area contributed by atoms with E-state index in [-0.39, 0.29) is 16.8 Å². The molecule has 0 radical (unpaired) electrons. The predicted molar refractivity (Wildman–Crippen MR) is 133 cm³/mol. The van der Waals surface area contributed by atoms with Gasteiger partial charge in [-0.2, -0.15) is 5.26 Å². The first kappa shape index (κ1) is 21.8. The summed E-state index contributed by atoms with van der Waals surface area (Å²) >= 11 is 8.67. The summed E-state index contributed by atoms with van der Waals surface area (Å²) in [6, 6.07) is 12.9. The summed E-state index contributed by atoms with van der Waals surface area (Å²) in [4.78, 5) is 31.6. The minimum Gasteiger partial charge on any atom is -0.294 e. The van der Waals surface area contributed by atoms with Crippen LogP contribution < -0.4 is 5.56 Å². The Morgan fingerprint density at radius 3 is 2.58 bits per heavy atom. The van der Waals surface area contributed by atoms with Gasteiger partial charge in [0.25, 0.3) is 5.56 Å². The monoisotopic (exact) mass is 491 g/mol. The second-order valence-electron chi connectivity index (χ2n) is 8.80. The van der Waals surface area contributed by atoms with Crippen LogP contribution in [-0.2, 0) is 6.42 Å². The number of carbonyl (C=O) groups is 1. The van der Waals surface area contributed by atoms with Crippen molar-refractivity contribution in [2.24, 2.45) is 5.41 Å². The Morgan fingerprint density at radius 1 is 1.09 bits per heavy atom. The number of halogens is 1. The Bertz CT molecular complexity index is 1500. The van der Waals surface area contributed by atoms with E-state index in [2.05, 4.69) is 6.07 Å². The van der Waals surface area contributed by atoms with E-state index in [4.69, 9.17) is 16.6 Å². The number of nitriles is 1. The quantitative estimate of drug-likeness (QED) is 0.333. The second-order valence-corrected chi connectivity index (χ2v) is 11.0. The van der Waals surface area contributed by atoms with Crippen molar-refractivity contribution in [1.82, 2.24) is 9.55 Å². The maximum Gasteiger partial charge on any atom is 0.266 e. The molecule has 1 aliphatic carbocycles. The molecule has 0 fully saturated rings. The van der Waals surface area contributed by atoms with Crippen LogP contribution in [0.3, 0.4) is 0 Å². The van der Waals surface area contributed by atoms with E-state index in [1.807, 2.05) is 31.4 Å². The Morgan fingerprint density at radius 2 is 1.85 bits per heavy atom. The van der Waals surface area contributed by atoms with Gasteiger partial charge >= 0.3 is 0 Å². The highest BCUT2D eigenvalue weighted by atomic mass is 35.5. The fourth-order valence-electron chi connectivity index (χ4n) is 4.19. The summed E-state index contributed by atoms with van der Waals surface area (Å²) in [5.74, 6) is 0.000736. The number of carbonyl (C=O) groups excluding carboxylic acids is 1. The van der Waals surface area contributed by atoms with E-state index in [1.54, 1.807) is 34.2 Å². The molecular formula is C25H18ClN3O2S2. The number of nitrogens with zero attached hydrogens (tertiary/aromatic N) is 3. The van der Waals surface area contributed by atoms with Crippen LogP contribution in [0.4, 0.5) is 0 Å². The zero-order valence-electron chi connectivity index (χ0n) is 17.9. The van der Waals surface area contributed by atoms with E-state index < -0.39 is 0 Å². The predicted octanol–water partition coefficient (Wildman–Crippen LogP) is 6.37. The Kier molecular flexibility index (Phi) is 5.32. The molecule has 1 aliphatic rings. The van der Waals surface area contributed by atoms with Crippen LogP contribution in [0.1, 0.15) is 41.9 Å². The van der Waals surface area contributed by atoms with E-state index in [9.17, 15) is 14.9 Å². The fourth-order valence-corrected chi connectivity index (χ4v) is 6.03. The minimum atomic E-state index is -0.271. The number of rotatable bonds is 3. The van der Waals surface area contributed by atoms with Crippen molar-refractivity contribution in [3.8, 4) is 32.9 Å². The van der Waals surface area contributed by atoms with Crippen LogP contribution in [0.15, 0.2) is 52.0 Å². The first-order chi connectivity index (χ1) is 15.8. The molecule has 5 rings (SSSR count). The SMILES string of the molecule is CC1(C)CC(=O)c2cc(-c3nc(-c4ccc(Cl)cc4)cs3)c(=O)n(-c3sccc3C#N)c2C1. The lowest BCUT2D eigenvalue weighted by molar-refractivity contribution is 0.0909. The number of fused-ring (bicyclic) bond motifs is 1. The second kappa shape index (κ2) is 8.07. The third kappa shape index (κ3) is 3.84. The van der Waals surface area contributed by atoms with Crippen molar-refractivity contribution < 1.29 is 4.79 Å². The molecule has 3 heterocycles. The van der Waals surface area contributed by atoms with Gasteiger partial charge in [0.2, 0.25) is 0 Å². The summed E-state index contributed by atoms with van der Waals surface area (Å²) in [5, 5.41) is 15.0. The largest absolute Gasteiger partial charge is 0.294 e. The Hall–Kier alpha value is -3.05. The highest BCUT2D eigenvalue weighted by molar-refractivity contribution is 7.13. The fraction of sp³-hybridized carbons (Fsp3) is 0.200. The van der Waals surface area contributed by atoms with Crippen molar-refractivity contribution in [3.63, 3.8) is 0 Å². The summed E-state index contributed by atoms with van der Waals surface area (Å²) in [5.41, 5.74) is 3.06. The molecule has 0 bridgehead atoms. The van der Waals surface area contributed by atoms with Gasteiger partial charge in [-0.05, 0) is 41.5 Å². The molecule has 0 aliphatic heterocycles. The van der Waals surface area contributed by atoms with Gasteiger partial charge in [-0.3, -0.25) is 14.2 Å². The van der Waals surface area contributed by atoms with Crippen molar-refractivity contribution in [3.05, 3.63) is 79.4 Å². The third-order valence-corrected chi connectivity index (χ3v) is 7.76. The number of thiophene rings is 1. The number of hydrogen-bond donors (Lipinski definition) is 0. The number of benzene rings is 1. The van der Waals surface area contributed by atoms with Crippen LogP contribution >= 0.6 is 34.3 Å². The zero-order valence-corrected chi connectivity index (χ0v) is 20.3. The van der Waals surface area contributed by atoms with Crippen molar-refractivity contribution in [1.29, 1.82) is 5.26 Å². The van der Waals surface area contributed by atoms with Crippen molar-refractivity contribution in [2.75, 3.05) is 0 Å². The van der Waals surface area contributed by atoms with Crippen LogP contribution in [0.5, 0.6) is 0 Å². The lowest BCUT2D eigenvalue weighted by Crippen LogP contribution is -2.34. The number of aromatic nitrogens is 2. The van der Waals surface area contributed by atoms with Gasteiger partial charge in [0.15, 0.2) is 5.78 Å². The Balaban J connectivity index is 1.74. The van der Waals surface area contributed by atoms with Gasteiger partial charge in [-0.1, -0.05) is 37.6 Å². The van der Waals surface area contributed by atoms with Gasteiger partial charge < -0.3 is 0 Å². The number of ketones is 1. The minimum absolute atomic E-state index is 0.000736. The standard InChI is InChI=1S/C25H18ClN3O2S2/c1-25(2)10-20-17(21(30)11-25)9-18(23(31)29(20)24-15(12-27)7-8-32-24)22-28-19(13-33-22)14-3-5-16(26)6-4-14/h3-9,13H,10-11H2,1-2H3. The molecular weight excluding hydrogens is 474 g/mol. The lowest BCUT2D eigenvalue weighted by Gasteiger charge is -2.32. The molecule has 33 heavy (non-hydrogen) atoms. The van der Waals surface area contributed by atoms with Crippen molar-refractivity contribution >= 4 is 40.1 Å². The highest BCUT2D eigenvalue weighted by Crippen LogP contribution is 2.38. The molecule has 4 aromatic rings. The van der Waals surface area contributed by atoms with E-state index in [0.29, 0.717) is 50.3 Å². The van der Waals surface area contributed by atoms with E-state index >= 15 is 0 Å². The topological polar surface area (TPSA) is 75.8 Å².